The predicted octanol–water partition coefficient (Wildman–Crippen LogP) is 4.68. The summed E-state index contributed by atoms with van der Waals surface area (Å²) in [6.07, 6.45) is -0.113. The van der Waals surface area contributed by atoms with Crippen molar-refractivity contribution >= 4 is 33.3 Å². The van der Waals surface area contributed by atoms with E-state index in [1.165, 1.54) is 19.2 Å². The summed E-state index contributed by atoms with van der Waals surface area (Å²) >= 11 is 9.23. The number of rotatable bonds is 4. The van der Waals surface area contributed by atoms with Gasteiger partial charge >= 0.3 is 0 Å². The van der Waals surface area contributed by atoms with Crippen LogP contribution < -0.4 is 4.74 Å². The van der Waals surface area contributed by atoms with Crippen molar-refractivity contribution in [2.24, 2.45) is 0 Å². The Hall–Kier alpha value is -1.39. The zero-order valence-corrected chi connectivity index (χ0v) is 13.0. The largest absolute Gasteiger partial charge is 0.496 e. The zero-order chi connectivity index (χ0) is 14.7. The number of carbonyl (C=O) groups is 1. The third-order valence-electron chi connectivity index (χ3n) is 2.86. The molecule has 0 saturated carbocycles. The zero-order valence-electron chi connectivity index (χ0n) is 10.6. The molecule has 2 nitrogen and oxygen atoms in total. The Bertz CT molecular complexity index is 638. The second-order valence-electron chi connectivity index (χ2n) is 4.14. The summed E-state index contributed by atoms with van der Waals surface area (Å²) in [6.45, 7) is 0. The van der Waals surface area contributed by atoms with Gasteiger partial charge in [0.25, 0.3) is 0 Å². The van der Waals surface area contributed by atoms with E-state index in [1.807, 2.05) is 0 Å². The molecular formula is C15H11BrClFO2. The first kappa shape index (κ1) is 15.0. The van der Waals surface area contributed by atoms with E-state index >= 15 is 0 Å². The van der Waals surface area contributed by atoms with Crippen LogP contribution in [0.25, 0.3) is 0 Å². The predicted molar refractivity (Wildman–Crippen MR) is 80.1 cm³/mol. The van der Waals surface area contributed by atoms with Crippen LogP contribution in [0, 0.1) is 5.82 Å². The second-order valence-corrected chi connectivity index (χ2v) is 5.47. The van der Waals surface area contributed by atoms with E-state index in [2.05, 4.69) is 15.9 Å². The minimum absolute atomic E-state index is 0.113. The number of halogens is 3. The Morgan fingerprint density at radius 3 is 2.75 bits per heavy atom. The van der Waals surface area contributed by atoms with E-state index in [1.54, 1.807) is 24.3 Å². The first-order valence-corrected chi connectivity index (χ1v) is 6.99. The van der Waals surface area contributed by atoms with Crippen LogP contribution in [0.3, 0.4) is 0 Å². The van der Waals surface area contributed by atoms with Crippen molar-refractivity contribution in [2.45, 2.75) is 6.42 Å². The lowest BCUT2D eigenvalue weighted by Gasteiger charge is -2.09. The molecule has 0 aliphatic rings. The van der Waals surface area contributed by atoms with Gasteiger partial charge in [0.2, 0.25) is 0 Å². The highest BCUT2D eigenvalue weighted by Crippen LogP contribution is 2.26. The van der Waals surface area contributed by atoms with Gasteiger partial charge in [0, 0.05) is 21.5 Å². The highest BCUT2D eigenvalue weighted by atomic mass is 79.9. The molecule has 0 aromatic heterocycles. The van der Waals surface area contributed by atoms with Gasteiger partial charge in [-0.15, -0.1) is 0 Å². The Kier molecular flexibility index (Phi) is 4.78. The molecule has 0 radical (unpaired) electrons. The fraction of sp³-hybridized carbons (Fsp3) is 0.133. The van der Waals surface area contributed by atoms with E-state index in [-0.39, 0.29) is 22.8 Å². The number of ketones is 1. The van der Waals surface area contributed by atoms with Crippen LogP contribution >= 0.6 is 27.5 Å². The smallest absolute Gasteiger partial charge is 0.171 e. The lowest BCUT2D eigenvalue weighted by Crippen LogP contribution is -2.07. The normalized spacial score (nSPS) is 10.4. The molecule has 2 rings (SSSR count). The minimum Gasteiger partial charge on any atom is -0.496 e. The maximum absolute atomic E-state index is 13.7. The summed E-state index contributed by atoms with van der Waals surface area (Å²) in [5, 5.41) is 0.243. The third-order valence-corrected chi connectivity index (χ3v) is 3.71. The van der Waals surface area contributed by atoms with Gasteiger partial charge in [0.1, 0.15) is 11.6 Å². The van der Waals surface area contributed by atoms with Gasteiger partial charge in [0.05, 0.1) is 12.7 Å². The molecule has 20 heavy (non-hydrogen) atoms. The molecule has 104 valence electrons. The number of hydrogen-bond acceptors (Lipinski definition) is 2. The number of ether oxygens (including phenoxy) is 1. The molecule has 0 fully saturated rings. The van der Waals surface area contributed by atoms with Crippen LogP contribution in [-0.2, 0) is 6.42 Å². The van der Waals surface area contributed by atoms with Crippen molar-refractivity contribution < 1.29 is 13.9 Å². The van der Waals surface area contributed by atoms with Gasteiger partial charge in [-0.3, -0.25) is 4.79 Å². The van der Waals surface area contributed by atoms with Crippen LogP contribution in [0.5, 0.6) is 5.75 Å². The van der Waals surface area contributed by atoms with Crippen molar-refractivity contribution in [3.05, 3.63) is 62.8 Å². The molecule has 5 heteroatoms. The second kappa shape index (κ2) is 6.37. The Balaban J connectivity index is 2.35. The minimum atomic E-state index is -0.486. The van der Waals surface area contributed by atoms with E-state index < -0.39 is 5.82 Å². The topological polar surface area (TPSA) is 26.3 Å². The maximum Gasteiger partial charge on any atom is 0.171 e. The highest BCUT2D eigenvalue weighted by Gasteiger charge is 2.17. The van der Waals surface area contributed by atoms with E-state index in [0.717, 1.165) is 4.47 Å². The van der Waals surface area contributed by atoms with Gasteiger partial charge in [-0.25, -0.2) is 4.39 Å². The summed E-state index contributed by atoms with van der Waals surface area (Å²) in [4.78, 5) is 12.3. The Morgan fingerprint density at radius 1 is 1.35 bits per heavy atom. The van der Waals surface area contributed by atoms with E-state index in [4.69, 9.17) is 16.3 Å². The average Bonchev–Trinajstić information content (AvgIpc) is 2.43. The van der Waals surface area contributed by atoms with Crippen molar-refractivity contribution in [3.63, 3.8) is 0 Å². The molecule has 0 aliphatic carbocycles. The molecule has 2 aromatic carbocycles. The number of methoxy groups -OCH3 is 1. The lowest BCUT2D eigenvalue weighted by atomic mass is 10.0. The first-order valence-electron chi connectivity index (χ1n) is 5.82. The standard InChI is InChI=1S/C15H11BrClFO2/c1-20-15-6-5-9(16)7-11(15)14(19)8-10-12(17)3-2-4-13(10)18/h2-7H,8H2,1H3. The number of Topliss-reactive ketones (excluding diaryl/α,β-unsaturated/α-hetero) is 1. The maximum atomic E-state index is 13.7. The first-order chi connectivity index (χ1) is 9.52. The molecule has 0 spiro atoms. The van der Waals surface area contributed by atoms with Crippen LogP contribution in [0.1, 0.15) is 15.9 Å². The number of hydrogen-bond donors (Lipinski definition) is 0. The number of benzene rings is 2. The third kappa shape index (κ3) is 3.19. The average molecular weight is 358 g/mol. The summed E-state index contributed by atoms with van der Waals surface area (Å²) in [5.74, 6) is -0.291. The Labute approximate surface area is 129 Å². The van der Waals surface area contributed by atoms with E-state index in [9.17, 15) is 9.18 Å². The van der Waals surface area contributed by atoms with Crippen LogP contribution in [0.2, 0.25) is 5.02 Å². The molecular weight excluding hydrogens is 347 g/mol. The van der Waals surface area contributed by atoms with Gasteiger partial charge in [-0.1, -0.05) is 33.6 Å². The molecule has 2 aromatic rings. The Morgan fingerprint density at radius 2 is 2.10 bits per heavy atom. The summed E-state index contributed by atoms with van der Waals surface area (Å²) < 4.78 is 19.6. The summed E-state index contributed by atoms with van der Waals surface area (Å²) in [7, 11) is 1.48. The molecule has 0 aliphatic heterocycles. The van der Waals surface area contributed by atoms with Crippen molar-refractivity contribution in [1.29, 1.82) is 0 Å². The SMILES string of the molecule is COc1ccc(Br)cc1C(=O)Cc1c(F)cccc1Cl. The monoisotopic (exact) mass is 356 g/mol. The fourth-order valence-electron chi connectivity index (χ4n) is 1.86. The van der Waals surface area contributed by atoms with Gasteiger partial charge in [0.15, 0.2) is 5.78 Å². The fourth-order valence-corrected chi connectivity index (χ4v) is 2.45. The van der Waals surface area contributed by atoms with Crippen LogP contribution in [0.4, 0.5) is 4.39 Å². The van der Waals surface area contributed by atoms with Gasteiger partial charge in [-0.05, 0) is 30.3 Å². The van der Waals surface area contributed by atoms with Crippen molar-refractivity contribution in [1.82, 2.24) is 0 Å². The molecule has 0 unspecified atom stereocenters. The van der Waals surface area contributed by atoms with Crippen LogP contribution in [-0.4, -0.2) is 12.9 Å². The number of carbonyl (C=O) groups excluding carboxylic acids is 1. The molecule has 0 heterocycles. The van der Waals surface area contributed by atoms with E-state index in [0.29, 0.717) is 11.3 Å². The van der Waals surface area contributed by atoms with Gasteiger partial charge in [-0.2, -0.15) is 0 Å². The highest BCUT2D eigenvalue weighted by molar-refractivity contribution is 9.10. The van der Waals surface area contributed by atoms with Crippen molar-refractivity contribution in [2.75, 3.05) is 7.11 Å². The molecule has 0 saturated heterocycles. The molecule has 0 bridgehead atoms. The summed E-state index contributed by atoms with van der Waals surface area (Å²) in [5.41, 5.74) is 0.586. The van der Waals surface area contributed by atoms with Crippen molar-refractivity contribution in [3.8, 4) is 5.75 Å². The molecule has 0 atom stereocenters. The molecule has 0 N–H and O–H groups in total. The quantitative estimate of drug-likeness (QED) is 0.743. The van der Waals surface area contributed by atoms with Crippen LogP contribution in [0.15, 0.2) is 40.9 Å². The molecule has 0 amide bonds. The van der Waals surface area contributed by atoms with Gasteiger partial charge < -0.3 is 4.74 Å². The lowest BCUT2D eigenvalue weighted by molar-refractivity contribution is 0.0989. The summed E-state index contributed by atoms with van der Waals surface area (Å²) in [6, 6.07) is 9.45.